The number of carbonyl (C=O) groups excluding carboxylic acids is 1. The van der Waals surface area contributed by atoms with E-state index in [1.54, 1.807) is 14.1 Å². The Morgan fingerprint density at radius 3 is 2.19 bits per heavy atom. The first-order chi connectivity index (χ1) is 9.74. The van der Waals surface area contributed by atoms with Gasteiger partial charge in [-0.05, 0) is 24.3 Å². The lowest BCUT2D eigenvalue weighted by Gasteiger charge is -2.12. The van der Waals surface area contributed by atoms with E-state index < -0.39 is 16.0 Å². The number of carboxylic acid groups (broad SMARTS) is 1. The van der Waals surface area contributed by atoms with Gasteiger partial charge in [0.25, 0.3) is 0 Å². The van der Waals surface area contributed by atoms with Crippen LogP contribution in [0.3, 0.4) is 0 Å². The predicted molar refractivity (Wildman–Crippen MR) is 75.7 cm³/mol. The van der Waals surface area contributed by atoms with Gasteiger partial charge in [0.15, 0.2) is 0 Å². The minimum atomic E-state index is -3.73. The van der Waals surface area contributed by atoms with Gasteiger partial charge in [0, 0.05) is 27.2 Å². The lowest BCUT2D eigenvalue weighted by molar-refractivity contribution is 0.0696. The molecule has 116 valence electrons. The van der Waals surface area contributed by atoms with Crippen LogP contribution in [0.4, 0.5) is 4.79 Å². The molecule has 9 heteroatoms. The number of nitrogens with zero attached hydrogens (tertiary/aromatic N) is 1. The summed E-state index contributed by atoms with van der Waals surface area (Å²) in [4.78, 5) is 23.2. The molecule has 0 aliphatic heterocycles. The zero-order chi connectivity index (χ0) is 16.0. The van der Waals surface area contributed by atoms with Gasteiger partial charge in [-0.1, -0.05) is 0 Å². The highest BCUT2D eigenvalue weighted by Gasteiger charge is 2.14. The van der Waals surface area contributed by atoms with Crippen molar-refractivity contribution in [2.24, 2.45) is 0 Å². The first-order valence-electron chi connectivity index (χ1n) is 6.02. The fraction of sp³-hybridized carbons (Fsp3) is 0.333. The number of hydrogen-bond acceptors (Lipinski definition) is 4. The summed E-state index contributed by atoms with van der Waals surface area (Å²) in [5.74, 6) is -1.13. The van der Waals surface area contributed by atoms with Crippen molar-refractivity contribution in [2.75, 3.05) is 27.2 Å². The Labute approximate surface area is 122 Å². The molecule has 0 heterocycles. The van der Waals surface area contributed by atoms with Crippen LogP contribution in [-0.4, -0.2) is 57.6 Å². The smallest absolute Gasteiger partial charge is 0.335 e. The molecule has 21 heavy (non-hydrogen) atoms. The van der Waals surface area contributed by atoms with Gasteiger partial charge in [0.05, 0.1) is 10.5 Å². The van der Waals surface area contributed by atoms with Crippen LogP contribution in [0.15, 0.2) is 29.2 Å². The van der Waals surface area contributed by atoms with E-state index in [9.17, 15) is 18.0 Å². The Bertz CT molecular complexity index is 610. The number of carbonyl (C=O) groups is 2. The van der Waals surface area contributed by atoms with Crippen LogP contribution in [0.1, 0.15) is 10.4 Å². The summed E-state index contributed by atoms with van der Waals surface area (Å²) in [6.07, 6.45) is 0. The Hall–Kier alpha value is -2.13. The van der Waals surface area contributed by atoms with E-state index in [1.807, 2.05) is 0 Å². The first-order valence-corrected chi connectivity index (χ1v) is 7.50. The molecule has 0 atom stereocenters. The summed E-state index contributed by atoms with van der Waals surface area (Å²) < 4.78 is 26.1. The molecule has 2 amide bonds. The second-order valence-electron chi connectivity index (χ2n) is 4.35. The number of amides is 2. The van der Waals surface area contributed by atoms with Crippen molar-refractivity contribution in [1.82, 2.24) is 14.9 Å². The molecular weight excluding hydrogens is 298 g/mol. The van der Waals surface area contributed by atoms with E-state index >= 15 is 0 Å². The van der Waals surface area contributed by atoms with Gasteiger partial charge in [-0.2, -0.15) is 0 Å². The summed E-state index contributed by atoms with van der Waals surface area (Å²) in [6.45, 7) is 0.173. The van der Waals surface area contributed by atoms with Crippen LogP contribution in [-0.2, 0) is 10.0 Å². The number of benzene rings is 1. The average molecular weight is 315 g/mol. The van der Waals surface area contributed by atoms with Gasteiger partial charge in [0.1, 0.15) is 0 Å². The number of hydrogen-bond donors (Lipinski definition) is 3. The van der Waals surface area contributed by atoms with Gasteiger partial charge in [-0.15, -0.1) is 0 Å². The van der Waals surface area contributed by atoms with Crippen LogP contribution in [0.2, 0.25) is 0 Å². The molecule has 1 aromatic rings. The standard InChI is InChI=1S/C12H17N3O5S/c1-15(2)12(18)13-7-8-14-21(19,20)10-5-3-9(4-6-10)11(16)17/h3-6,14H,7-8H2,1-2H3,(H,13,18)(H,16,17). The molecule has 0 unspecified atom stereocenters. The van der Waals surface area contributed by atoms with Crippen molar-refractivity contribution >= 4 is 22.0 Å². The first kappa shape index (κ1) is 16.9. The number of urea groups is 1. The van der Waals surface area contributed by atoms with E-state index in [-0.39, 0.29) is 29.6 Å². The zero-order valence-corrected chi connectivity index (χ0v) is 12.5. The molecule has 0 aromatic heterocycles. The predicted octanol–water partition coefficient (Wildman–Crippen LogP) is -0.0657. The third kappa shape index (κ3) is 5.04. The van der Waals surface area contributed by atoms with Crippen molar-refractivity contribution in [3.05, 3.63) is 29.8 Å². The lowest BCUT2D eigenvalue weighted by atomic mass is 10.2. The number of rotatable bonds is 6. The number of nitrogens with one attached hydrogen (secondary N) is 2. The molecule has 0 aliphatic carbocycles. The zero-order valence-electron chi connectivity index (χ0n) is 11.7. The highest BCUT2D eigenvalue weighted by Crippen LogP contribution is 2.10. The van der Waals surface area contributed by atoms with Crippen molar-refractivity contribution in [3.63, 3.8) is 0 Å². The summed E-state index contributed by atoms with van der Waals surface area (Å²) in [7, 11) is -0.583. The number of sulfonamides is 1. The van der Waals surface area contributed by atoms with Gasteiger partial charge in [-0.3, -0.25) is 0 Å². The second kappa shape index (κ2) is 7.04. The average Bonchev–Trinajstić information content (AvgIpc) is 2.43. The maximum absolute atomic E-state index is 11.9. The normalized spacial score (nSPS) is 11.0. The Morgan fingerprint density at radius 2 is 1.71 bits per heavy atom. The maximum atomic E-state index is 11.9. The molecular formula is C12H17N3O5S. The van der Waals surface area contributed by atoms with Crippen LogP contribution in [0.5, 0.6) is 0 Å². The van der Waals surface area contributed by atoms with Gasteiger partial charge in [0.2, 0.25) is 10.0 Å². The van der Waals surface area contributed by atoms with Crippen LogP contribution in [0, 0.1) is 0 Å². The topological polar surface area (TPSA) is 116 Å². The maximum Gasteiger partial charge on any atom is 0.335 e. The SMILES string of the molecule is CN(C)C(=O)NCCNS(=O)(=O)c1ccc(C(=O)O)cc1. The molecule has 0 saturated heterocycles. The van der Waals surface area contributed by atoms with Crippen molar-refractivity contribution in [2.45, 2.75) is 4.90 Å². The summed E-state index contributed by atoms with van der Waals surface area (Å²) in [6, 6.07) is 4.53. The molecule has 0 radical (unpaired) electrons. The fourth-order valence-electron chi connectivity index (χ4n) is 1.37. The molecule has 3 N–H and O–H groups in total. The Kier molecular flexibility index (Phi) is 5.68. The van der Waals surface area contributed by atoms with Crippen molar-refractivity contribution in [1.29, 1.82) is 0 Å². The summed E-state index contributed by atoms with van der Waals surface area (Å²) >= 11 is 0. The molecule has 0 aliphatic rings. The van der Waals surface area contributed by atoms with E-state index in [4.69, 9.17) is 5.11 Å². The molecule has 8 nitrogen and oxygen atoms in total. The van der Waals surface area contributed by atoms with Crippen molar-refractivity contribution in [3.8, 4) is 0 Å². The fourth-order valence-corrected chi connectivity index (χ4v) is 2.40. The van der Waals surface area contributed by atoms with Crippen LogP contribution < -0.4 is 10.0 Å². The minimum absolute atomic E-state index is 0.00666. The Morgan fingerprint density at radius 1 is 1.14 bits per heavy atom. The largest absolute Gasteiger partial charge is 0.478 e. The minimum Gasteiger partial charge on any atom is -0.478 e. The van der Waals surface area contributed by atoms with Crippen LogP contribution >= 0.6 is 0 Å². The molecule has 0 fully saturated rings. The molecule has 0 spiro atoms. The quantitative estimate of drug-likeness (QED) is 0.636. The second-order valence-corrected chi connectivity index (χ2v) is 6.12. The molecule has 1 aromatic carbocycles. The van der Waals surface area contributed by atoms with Gasteiger partial charge < -0.3 is 15.3 Å². The summed E-state index contributed by atoms with van der Waals surface area (Å²) in [5.41, 5.74) is 0.00666. The van der Waals surface area contributed by atoms with Crippen molar-refractivity contribution < 1.29 is 23.1 Å². The molecule has 0 saturated carbocycles. The lowest BCUT2D eigenvalue weighted by Crippen LogP contribution is -2.39. The third-order valence-corrected chi connectivity index (χ3v) is 3.99. The highest BCUT2D eigenvalue weighted by atomic mass is 32.2. The number of aromatic carboxylic acids is 1. The van der Waals surface area contributed by atoms with E-state index in [2.05, 4.69) is 10.0 Å². The van der Waals surface area contributed by atoms with Gasteiger partial charge >= 0.3 is 12.0 Å². The monoisotopic (exact) mass is 315 g/mol. The van der Waals surface area contributed by atoms with Gasteiger partial charge in [-0.25, -0.2) is 22.7 Å². The van der Waals surface area contributed by atoms with E-state index in [1.165, 1.54) is 29.2 Å². The van der Waals surface area contributed by atoms with E-state index in [0.717, 1.165) is 0 Å². The Balaban J connectivity index is 2.57. The third-order valence-electron chi connectivity index (χ3n) is 2.51. The van der Waals surface area contributed by atoms with E-state index in [0.29, 0.717) is 0 Å². The number of carboxylic acids is 1. The molecule has 1 rings (SSSR count). The van der Waals surface area contributed by atoms with Crippen LogP contribution in [0.25, 0.3) is 0 Å². The highest BCUT2D eigenvalue weighted by molar-refractivity contribution is 7.89. The summed E-state index contributed by atoms with van der Waals surface area (Å²) in [5, 5.41) is 11.3. The molecule has 0 bridgehead atoms.